The Morgan fingerprint density at radius 2 is 1.68 bits per heavy atom. The van der Waals surface area contributed by atoms with E-state index in [0.717, 1.165) is 69.5 Å². The number of halogens is 1. The number of carbonyl (C=O) groups is 1. The number of rotatable bonds is 8. The monoisotopic (exact) mass is 518 g/mol. The van der Waals surface area contributed by atoms with Gasteiger partial charge in [-0.05, 0) is 73.2 Å². The van der Waals surface area contributed by atoms with Crippen molar-refractivity contribution in [2.24, 2.45) is 0 Å². The third-order valence-corrected chi connectivity index (χ3v) is 8.06. The maximum atomic E-state index is 13.5. The first-order valence-electron chi connectivity index (χ1n) is 13.2. The van der Waals surface area contributed by atoms with E-state index < -0.39 is 5.41 Å². The average molecular weight is 519 g/mol. The van der Waals surface area contributed by atoms with Gasteiger partial charge in [0, 0.05) is 30.7 Å². The van der Waals surface area contributed by atoms with Crippen LogP contribution < -0.4 is 14.8 Å². The van der Waals surface area contributed by atoms with Crippen molar-refractivity contribution in [3.8, 4) is 17.2 Å². The van der Waals surface area contributed by atoms with Gasteiger partial charge in [-0.25, -0.2) is 0 Å². The highest BCUT2D eigenvalue weighted by Crippen LogP contribution is 2.42. The van der Waals surface area contributed by atoms with E-state index in [4.69, 9.17) is 21.1 Å². The zero-order valence-electron chi connectivity index (χ0n) is 21.4. The third kappa shape index (κ3) is 5.94. The molecule has 0 atom stereocenters. The van der Waals surface area contributed by atoms with Gasteiger partial charge >= 0.3 is 0 Å². The highest BCUT2D eigenvalue weighted by Gasteiger charge is 2.43. The van der Waals surface area contributed by atoms with Crippen LogP contribution in [0, 0.1) is 0 Å². The van der Waals surface area contributed by atoms with Gasteiger partial charge < -0.3 is 14.8 Å². The molecule has 2 aliphatic rings. The number of carbonyl (C=O) groups excluding carboxylic acids is 1. The molecule has 0 aromatic heterocycles. The van der Waals surface area contributed by atoms with Crippen molar-refractivity contribution in [3.05, 3.63) is 88.9 Å². The predicted octanol–water partition coefficient (Wildman–Crippen LogP) is 6.73. The number of hydrogen-bond acceptors (Lipinski definition) is 4. The van der Waals surface area contributed by atoms with Crippen molar-refractivity contribution in [1.29, 1.82) is 0 Å². The molecule has 5 rings (SSSR count). The van der Waals surface area contributed by atoms with Crippen LogP contribution in [-0.4, -0.2) is 37.0 Å². The second kappa shape index (κ2) is 11.6. The molecule has 5 nitrogen and oxygen atoms in total. The Labute approximate surface area is 224 Å². The van der Waals surface area contributed by atoms with Gasteiger partial charge in [0.05, 0.1) is 12.5 Å². The predicted molar refractivity (Wildman–Crippen MR) is 148 cm³/mol. The largest absolute Gasteiger partial charge is 0.493 e. The molecule has 1 aliphatic heterocycles. The number of nitrogens with one attached hydrogen (secondary N) is 1. The smallest absolute Gasteiger partial charge is 0.230 e. The molecule has 0 bridgehead atoms. The molecule has 1 heterocycles. The molecular formula is C31H35ClN2O3. The maximum Gasteiger partial charge on any atom is 0.230 e. The Bertz CT molecular complexity index is 1200. The van der Waals surface area contributed by atoms with Crippen molar-refractivity contribution in [3.63, 3.8) is 0 Å². The van der Waals surface area contributed by atoms with Crippen molar-refractivity contribution in [2.75, 3.05) is 20.2 Å². The molecule has 0 unspecified atom stereocenters. The third-order valence-electron chi connectivity index (χ3n) is 7.81. The summed E-state index contributed by atoms with van der Waals surface area (Å²) in [4.78, 5) is 16.0. The van der Waals surface area contributed by atoms with E-state index in [1.165, 1.54) is 5.56 Å². The quantitative estimate of drug-likeness (QED) is 0.359. The molecule has 1 aliphatic carbocycles. The van der Waals surface area contributed by atoms with E-state index in [0.29, 0.717) is 16.5 Å². The van der Waals surface area contributed by atoms with E-state index in [9.17, 15) is 4.79 Å². The number of hydrogen-bond donors (Lipinski definition) is 1. The molecule has 1 saturated heterocycles. The van der Waals surface area contributed by atoms with Crippen molar-refractivity contribution < 1.29 is 14.3 Å². The highest BCUT2D eigenvalue weighted by molar-refractivity contribution is 6.30. The topological polar surface area (TPSA) is 50.8 Å². The minimum atomic E-state index is -0.413. The van der Waals surface area contributed by atoms with E-state index in [2.05, 4.69) is 22.3 Å². The van der Waals surface area contributed by atoms with Crippen LogP contribution in [0.15, 0.2) is 72.8 Å². The lowest BCUT2D eigenvalue weighted by Crippen LogP contribution is -2.50. The van der Waals surface area contributed by atoms with Crippen LogP contribution in [0.3, 0.4) is 0 Å². The van der Waals surface area contributed by atoms with Crippen LogP contribution in [0.25, 0.3) is 0 Å². The summed E-state index contributed by atoms with van der Waals surface area (Å²) in [5.74, 6) is 2.41. The first kappa shape index (κ1) is 25.6. The van der Waals surface area contributed by atoms with E-state index in [1.54, 1.807) is 7.11 Å². The van der Waals surface area contributed by atoms with Gasteiger partial charge in [-0.3, -0.25) is 9.69 Å². The second-order valence-corrected chi connectivity index (χ2v) is 10.7. The fourth-order valence-corrected chi connectivity index (χ4v) is 5.87. The summed E-state index contributed by atoms with van der Waals surface area (Å²) in [7, 11) is 1.65. The molecule has 6 heteroatoms. The summed E-state index contributed by atoms with van der Waals surface area (Å²) < 4.78 is 11.5. The number of likely N-dealkylation sites (tertiary alicyclic amines) is 1. The van der Waals surface area contributed by atoms with Gasteiger partial charge in [-0.1, -0.05) is 60.8 Å². The summed E-state index contributed by atoms with van der Waals surface area (Å²) >= 11 is 6.11. The molecule has 2 fully saturated rings. The number of piperidine rings is 1. The van der Waals surface area contributed by atoms with Crippen molar-refractivity contribution >= 4 is 17.5 Å². The molecular weight excluding hydrogens is 484 g/mol. The molecule has 37 heavy (non-hydrogen) atoms. The number of ether oxygens (including phenoxy) is 2. The lowest BCUT2D eigenvalue weighted by molar-refractivity contribution is -0.127. The first-order valence-corrected chi connectivity index (χ1v) is 13.6. The minimum absolute atomic E-state index is 0.187. The van der Waals surface area contributed by atoms with Crippen LogP contribution >= 0.6 is 11.6 Å². The normalized spacial score (nSPS) is 17.9. The number of methoxy groups -OCH3 is 1. The molecule has 3 aromatic carbocycles. The standard InChI is InChI=1S/C31H35ClN2O3/c1-36-28-9-2-3-10-29(28)37-27-8-6-7-23(21-27)22-34-19-15-26(16-20-34)33-30(35)31(17-4-5-18-31)24-11-13-25(32)14-12-24/h2-3,6-14,21,26H,4-5,15-20,22H2,1H3,(H,33,35). The molecule has 1 amide bonds. The first-order chi connectivity index (χ1) is 18.1. The van der Waals surface area contributed by atoms with E-state index in [1.807, 2.05) is 60.7 Å². The second-order valence-electron chi connectivity index (χ2n) is 10.2. The molecule has 3 aromatic rings. The zero-order chi connectivity index (χ0) is 25.7. The van der Waals surface area contributed by atoms with Crippen LogP contribution in [-0.2, 0) is 16.8 Å². The van der Waals surface area contributed by atoms with Gasteiger partial charge in [0.15, 0.2) is 11.5 Å². The Morgan fingerprint density at radius 1 is 0.973 bits per heavy atom. The van der Waals surface area contributed by atoms with Gasteiger partial charge in [0.25, 0.3) is 0 Å². The van der Waals surface area contributed by atoms with Crippen LogP contribution in [0.4, 0.5) is 0 Å². The molecule has 1 N–H and O–H groups in total. The van der Waals surface area contributed by atoms with Crippen molar-refractivity contribution in [1.82, 2.24) is 10.2 Å². The molecule has 194 valence electrons. The maximum absolute atomic E-state index is 13.5. The van der Waals surface area contributed by atoms with Crippen molar-refractivity contribution in [2.45, 2.75) is 56.5 Å². The highest BCUT2D eigenvalue weighted by atomic mass is 35.5. The Balaban J connectivity index is 1.16. The summed E-state index contributed by atoms with van der Waals surface area (Å²) in [6, 6.07) is 24.0. The van der Waals surface area contributed by atoms with E-state index >= 15 is 0 Å². The Morgan fingerprint density at radius 3 is 2.38 bits per heavy atom. The SMILES string of the molecule is COc1ccccc1Oc1cccc(CN2CCC(NC(=O)C3(c4ccc(Cl)cc4)CCCC3)CC2)c1. The minimum Gasteiger partial charge on any atom is -0.493 e. The summed E-state index contributed by atoms with van der Waals surface area (Å²) in [6.45, 7) is 2.77. The number of benzene rings is 3. The molecule has 0 radical (unpaired) electrons. The van der Waals surface area contributed by atoms with Gasteiger partial charge in [-0.15, -0.1) is 0 Å². The lowest BCUT2D eigenvalue weighted by atomic mass is 9.77. The average Bonchev–Trinajstić information content (AvgIpc) is 3.42. The fraction of sp³-hybridized carbons (Fsp3) is 0.387. The molecule has 0 spiro atoms. The molecule has 1 saturated carbocycles. The van der Waals surface area contributed by atoms with Gasteiger partial charge in [-0.2, -0.15) is 0 Å². The van der Waals surface area contributed by atoms with Crippen LogP contribution in [0.5, 0.6) is 17.2 Å². The van der Waals surface area contributed by atoms with Gasteiger partial charge in [0.2, 0.25) is 5.91 Å². The zero-order valence-corrected chi connectivity index (χ0v) is 22.2. The fourth-order valence-electron chi connectivity index (χ4n) is 5.75. The van der Waals surface area contributed by atoms with Crippen LogP contribution in [0.1, 0.15) is 49.7 Å². The van der Waals surface area contributed by atoms with E-state index in [-0.39, 0.29) is 11.9 Å². The number of nitrogens with zero attached hydrogens (tertiary/aromatic N) is 1. The summed E-state index contributed by atoms with van der Waals surface area (Å²) in [6.07, 6.45) is 5.92. The number of amides is 1. The Kier molecular flexibility index (Phi) is 8.02. The van der Waals surface area contributed by atoms with Gasteiger partial charge in [0.1, 0.15) is 5.75 Å². The summed E-state index contributed by atoms with van der Waals surface area (Å²) in [5.41, 5.74) is 1.89. The van der Waals surface area contributed by atoms with Crippen LogP contribution in [0.2, 0.25) is 5.02 Å². The Hall–Kier alpha value is -3.02. The lowest BCUT2D eigenvalue weighted by Gasteiger charge is -2.35. The summed E-state index contributed by atoms with van der Waals surface area (Å²) in [5, 5.41) is 4.13. The number of para-hydroxylation sites is 2.